The van der Waals surface area contributed by atoms with Crippen LogP contribution in [0, 0.1) is 0 Å². The van der Waals surface area contributed by atoms with E-state index in [2.05, 4.69) is 39.0 Å². The molecule has 0 saturated carbocycles. The molecule has 6 rings (SSSR count). The molecule has 1 saturated heterocycles. The first-order valence-corrected chi connectivity index (χ1v) is 13.0. The molecule has 2 aromatic heterocycles. The summed E-state index contributed by atoms with van der Waals surface area (Å²) in [4.78, 5) is 26.1. The quantitative estimate of drug-likeness (QED) is 0.383. The highest BCUT2D eigenvalue weighted by Gasteiger charge is 2.34. The lowest BCUT2D eigenvalue weighted by molar-refractivity contribution is -0.138. The van der Waals surface area contributed by atoms with Gasteiger partial charge in [-0.3, -0.25) is 4.79 Å². The fourth-order valence-corrected chi connectivity index (χ4v) is 5.17. The fraction of sp³-hybridized carbons (Fsp3) is 0.370. The molecule has 2 aliphatic rings. The zero-order chi connectivity index (χ0) is 26.4. The van der Waals surface area contributed by atoms with Crippen molar-refractivity contribution < 1.29 is 14.3 Å². The van der Waals surface area contributed by atoms with Crippen LogP contribution in [-0.4, -0.2) is 73.7 Å². The monoisotopic (exact) mass is 533 g/mol. The number of anilines is 1. The van der Waals surface area contributed by atoms with Gasteiger partial charge in [0.25, 0.3) is 5.91 Å². The molecule has 1 unspecified atom stereocenters. The van der Waals surface area contributed by atoms with Crippen LogP contribution in [0.2, 0.25) is 5.02 Å². The Kier molecular flexibility index (Phi) is 6.06. The first kappa shape index (κ1) is 24.4. The number of rotatable bonds is 5. The average molecular weight is 534 g/mol. The Bertz CT molecular complexity index is 1500. The normalized spacial score (nSPS) is 17.3. The van der Waals surface area contributed by atoms with Gasteiger partial charge in [-0.15, -0.1) is 5.10 Å². The van der Waals surface area contributed by atoms with E-state index in [-0.39, 0.29) is 11.5 Å². The number of hydrogen-bond donors (Lipinski definition) is 0. The topological polar surface area (TPSA) is 98.5 Å². The third-order valence-electron chi connectivity index (χ3n) is 6.89. The zero-order valence-corrected chi connectivity index (χ0v) is 22.2. The van der Waals surface area contributed by atoms with Crippen LogP contribution in [0.1, 0.15) is 26.3 Å². The third kappa shape index (κ3) is 4.49. The Hall–Kier alpha value is -3.92. The number of amides is 1. The van der Waals surface area contributed by atoms with Gasteiger partial charge in [0, 0.05) is 43.2 Å². The van der Waals surface area contributed by atoms with Gasteiger partial charge in [-0.05, 0) is 51.1 Å². The van der Waals surface area contributed by atoms with E-state index in [1.165, 1.54) is 6.33 Å². The highest BCUT2D eigenvalue weighted by Crippen LogP contribution is 2.42. The van der Waals surface area contributed by atoms with Crippen molar-refractivity contribution in [3.63, 3.8) is 0 Å². The van der Waals surface area contributed by atoms with Crippen molar-refractivity contribution in [1.82, 2.24) is 29.9 Å². The summed E-state index contributed by atoms with van der Waals surface area (Å²) >= 11 is 6.03. The van der Waals surface area contributed by atoms with Crippen molar-refractivity contribution >= 4 is 34.5 Å². The molecule has 0 radical (unpaired) electrons. The van der Waals surface area contributed by atoms with Crippen molar-refractivity contribution in [1.29, 1.82) is 0 Å². The standard InChI is InChI=1S/C27H28ClN7O3/c1-17(37-21-6-4-5-18-15-27(2,3)38-23(18)21)26(36)34-13-11-33(12-14-34)24-22-25(30-16-29-24)35(32-31-22)20-9-7-19(28)8-10-20/h4-10,16-17H,11-15H2,1-3H3. The lowest BCUT2D eigenvalue weighted by Crippen LogP contribution is -2.52. The number of nitrogens with zero attached hydrogens (tertiary/aromatic N) is 7. The highest BCUT2D eigenvalue weighted by atomic mass is 35.5. The Morgan fingerprint density at radius 3 is 2.61 bits per heavy atom. The molecule has 4 aromatic rings. The summed E-state index contributed by atoms with van der Waals surface area (Å²) in [6.07, 6.45) is 1.70. The lowest BCUT2D eigenvalue weighted by Gasteiger charge is -2.36. The summed E-state index contributed by atoms with van der Waals surface area (Å²) in [5, 5.41) is 9.30. The van der Waals surface area contributed by atoms with E-state index in [0.717, 1.165) is 23.4 Å². The maximum Gasteiger partial charge on any atom is 0.263 e. The Morgan fingerprint density at radius 1 is 1.08 bits per heavy atom. The number of fused-ring (bicyclic) bond motifs is 2. The van der Waals surface area contributed by atoms with Crippen LogP contribution < -0.4 is 14.4 Å². The molecule has 0 bridgehead atoms. The van der Waals surface area contributed by atoms with Crippen molar-refractivity contribution in [2.24, 2.45) is 0 Å². The van der Waals surface area contributed by atoms with Crippen LogP contribution in [0.3, 0.4) is 0 Å². The number of piperazine rings is 1. The molecule has 11 heteroatoms. The number of ether oxygens (including phenoxy) is 2. The summed E-state index contributed by atoms with van der Waals surface area (Å²) in [6, 6.07) is 13.2. The van der Waals surface area contributed by atoms with Crippen LogP contribution in [0.15, 0.2) is 48.8 Å². The van der Waals surface area contributed by atoms with Crippen molar-refractivity contribution in [2.75, 3.05) is 31.1 Å². The lowest BCUT2D eigenvalue weighted by atomic mass is 10.0. The van der Waals surface area contributed by atoms with E-state index < -0.39 is 6.10 Å². The third-order valence-corrected chi connectivity index (χ3v) is 7.14. The smallest absolute Gasteiger partial charge is 0.263 e. The molecule has 4 heterocycles. The van der Waals surface area contributed by atoms with Crippen molar-refractivity contribution in [2.45, 2.75) is 38.9 Å². The number of para-hydroxylation sites is 1. The van der Waals surface area contributed by atoms with Gasteiger partial charge >= 0.3 is 0 Å². The predicted molar refractivity (Wildman–Crippen MR) is 143 cm³/mol. The molecule has 10 nitrogen and oxygen atoms in total. The van der Waals surface area contributed by atoms with Crippen molar-refractivity contribution in [3.05, 3.63) is 59.4 Å². The number of halogens is 1. The van der Waals surface area contributed by atoms with Crippen LogP contribution in [-0.2, 0) is 11.2 Å². The Labute approximate surface area is 225 Å². The molecular formula is C27H28ClN7O3. The summed E-state index contributed by atoms with van der Waals surface area (Å²) in [5.41, 5.74) is 2.85. The van der Waals surface area contributed by atoms with Gasteiger partial charge in [-0.2, -0.15) is 4.68 Å². The first-order chi connectivity index (χ1) is 18.3. The van der Waals surface area contributed by atoms with Crippen molar-refractivity contribution in [3.8, 4) is 17.2 Å². The molecule has 1 amide bonds. The largest absolute Gasteiger partial charge is 0.483 e. The van der Waals surface area contributed by atoms with Gasteiger partial charge in [0.2, 0.25) is 0 Å². The summed E-state index contributed by atoms with van der Waals surface area (Å²) < 4.78 is 13.9. The number of carbonyl (C=O) groups excluding carboxylic acids is 1. The second-order valence-corrected chi connectivity index (χ2v) is 10.6. The molecule has 1 atom stereocenters. The van der Waals surface area contributed by atoms with Gasteiger partial charge in [0.1, 0.15) is 11.9 Å². The van der Waals surface area contributed by atoms with E-state index >= 15 is 0 Å². The van der Waals surface area contributed by atoms with E-state index in [9.17, 15) is 4.79 Å². The fourth-order valence-electron chi connectivity index (χ4n) is 5.04. The summed E-state index contributed by atoms with van der Waals surface area (Å²) in [7, 11) is 0. The van der Waals surface area contributed by atoms with E-state index in [0.29, 0.717) is 53.9 Å². The molecule has 1 fully saturated rings. The first-order valence-electron chi connectivity index (χ1n) is 12.6. The van der Waals surface area contributed by atoms with E-state index in [1.807, 2.05) is 35.2 Å². The second kappa shape index (κ2) is 9.43. The average Bonchev–Trinajstić information content (AvgIpc) is 3.49. The summed E-state index contributed by atoms with van der Waals surface area (Å²) in [6.45, 7) is 8.19. The maximum absolute atomic E-state index is 13.3. The highest BCUT2D eigenvalue weighted by molar-refractivity contribution is 6.30. The molecular weight excluding hydrogens is 506 g/mol. The molecule has 0 spiro atoms. The molecule has 0 aliphatic carbocycles. The Morgan fingerprint density at radius 2 is 1.84 bits per heavy atom. The number of carbonyl (C=O) groups is 1. The molecule has 2 aliphatic heterocycles. The minimum Gasteiger partial charge on any atom is -0.483 e. The van der Waals surface area contributed by atoms with Crippen LogP contribution in [0.4, 0.5) is 5.82 Å². The van der Waals surface area contributed by atoms with E-state index in [1.54, 1.807) is 23.7 Å². The maximum atomic E-state index is 13.3. The Balaban J connectivity index is 1.13. The molecule has 2 aromatic carbocycles. The molecule has 0 N–H and O–H groups in total. The van der Waals surface area contributed by atoms with E-state index in [4.69, 9.17) is 21.1 Å². The van der Waals surface area contributed by atoms with Gasteiger partial charge in [0.15, 0.2) is 34.6 Å². The van der Waals surface area contributed by atoms with Gasteiger partial charge in [-0.1, -0.05) is 28.9 Å². The van der Waals surface area contributed by atoms with Gasteiger partial charge in [-0.25, -0.2) is 9.97 Å². The molecule has 38 heavy (non-hydrogen) atoms. The zero-order valence-electron chi connectivity index (χ0n) is 21.5. The van der Waals surface area contributed by atoms with Gasteiger partial charge in [0.05, 0.1) is 5.69 Å². The summed E-state index contributed by atoms with van der Waals surface area (Å²) in [5.74, 6) is 1.99. The van der Waals surface area contributed by atoms with Gasteiger partial charge < -0.3 is 19.3 Å². The molecule has 196 valence electrons. The SMILES string of the molecule is CC(Oc1cccc2c1OC(C)(C)C2)C(=O)N1CCN(c2ncnc3c2nnn3-c2ccc(Cl)cc2)CC1. The predicted octanol–water partition coefficient (Wildman–Crippen LogP) is 3.69. The second-order valence-electron chi connectivity index (χ2n) is 10.2. The minimum atomic E-state index is -0.634. The van der Waals surface area contributed by atoms with Crippen LogP contribution in [0.25, 0.3) is 16.9 Å². The van der Waals surface area contributed by atoms with Crippen LogP contribution in [0.5, 0.6) is 11.5 Å². The number of aromatic nitrogens is 5. The minimum absolute atomic E-state index is 0.0546. The number of benzene rings is 2. The number of hydrogen-bond acceptors (Lipinski definition) is 8. The van der Waals surface area contributed by atoms with Crippen LogP contribution >= 0.6 is 11.6 Å².